The van der Waals surface area contributed by atoms with Crippen LogP contribution in [0, 0.1) is 0 Å². The minimum Gasteiger partial charge on any atom is -0.480 e. The van der Waals surface area contributed by atoms with E-state index in [4.69, 9.17) is 14.2 Å². The Balaban J connectivity index is 1.78. The van der Waals surface area contributed by atoms with Gasteiger partial charge in [-0.3, -0.25) is 38.8 Å². The maximum absolute atomic E-state index is 13.0. The minimum absolute atomic E-state index is 0.0572. The summed E-state index contributed by atoms with van der Waals surface area (Å²) in [7, 11) is -1.32. The van der Waals surface area contributed by atoms with E-state index < -0.39 is 31.6 Å². The predicted molar refractivity (Wildman–Crippen MR) is 201 cm³/mol. The number of carboxylic acids is 3. The van der Waals surface area contributed by atoms with E-state index in [1.807, 2.05) is 18.7 Å². The summed E-state index contributed by atoms with van der Waals surface area (Å²) in [6.07, 6.45) is 9.39. The lowest BCUT2D eigenvalue weighted by Crippen LogP contribution is -2.50. The van der Waals surface area contributed by atoms with Crippen molar-refractivity contribution in [1.29, 1.82) is 0 Å². The molecule has 2 aliphatic rings. The number of carbonyl (C=O) groups is 4. The Morgan fingerprint density at radius 3 is 1.44 bits per heavy atom. The van der Waals surface area contributed by atoms with Crippen LogP contribution in [0.2, 0.25) is 18.6 Å². The van der Waals surface area contributed by atoms with Crippen molar-refractivity contribution in [3.8, 4) is 0 Å². The highest BCUT2D eigenvalue weighted by molar-refractivity contribution is 6.78. The smallest absolute Gasteiger partial charge is 0.317 e. The summed E-state index contributed by atoms with van der Waals surface area (Å²) in [5.74, 6) is -3.21. The van der Waals surface area contributed by atoms with E-state index in [2.05, 4.69) is 37.9 Å². The van der Waals surface area contributed by atoms with Crippen LogP contribution in [0.5, 0.6) is 0 Å². The van der Waals surface area contributed by atoms with Crippen LogP contribution in [0.1, 0.15) is 53.4 Å². The molecule has 0 aliphatic carbocycles. The van der Waals surface area contributed by atoms with Crippen LogP contribution < -0.4 is 5.32 Å². The largest absolute Gasteiger partial charge is 0.480 e. The summed E-state index contributed by atoms with van der Waals surface area (Å²) in [5, 5.41) is 31.1. The molecule has 2 rings (SSSR count). The van der Waals surface area contributed by atoms with Crippen molar-refractivity contribution in [1.82, 2.24) is 24.9 Å². The van der Waals surface area contributed by atoms with Crippen LogP contribution in [0.4, 0.5) is 0 Å². The van der Waals surface area contributed by atoms with Gasteiger partial charge in [-0.2, -0.15) is 18.6 Å². The van der Waals surface area contributed by atoms with Crippen molar-refractivity contribution in [2.75, 3.05) is 111 Å². The van der Waals surface area contributed by atoms with Crippen molar-refractivity contribution in [3.05, 3.63) is 12.2 Å². The van der Waals surface area contributed by atoms with Crippen molar-refractivity contribution < 1.29 is 48.7 Å². The van der Waals surface area contributed by atoms with Crippen molar-refractivity contribution in [2.24, 2.45) is 0 Å². The van der Waals surface area contributed by atoms with E-state index in [1.54, 1.807) is 14.7 Å². The molecule has 0 saturated carbocycles. The fraction of sp³-hybridized carbons (Fsp3) is 0.833. The van der Waals surface area contributed by atoms with Gasteiger partial charge in [-0.25, -0.2) is 0 Å². The molecule has 4 N–H and O–H groups in total. The molecule has 0 unspecified atom stereocenters. The number of carbonyl (C=O) groups excluding carboxylic acids is 1. The summed E-state index contributed by atoms with van der Waals surface area (Å²) in [5.41, 5.74) is -0.764. The molecular weight excluding hydrogens is 691 g/mol. The number of nitrogens with zero attached hydrogens (tertiary/aromatic N) is 4. The predicted octanol–water partition coefficient (Wildman–Crippen LogP) is 1.93. The van der Waals surface area contributed by atoms with Gasteiger partial charge in [0.25, 0.3) is 0 Å². The Hall–Kier alpha value is -2.44. The molecule has 2 aliphatic heterocycles. The van der Waals surface area contributed by atoms with Crippen molar-refractivity contribution in [2.45, 2.75) is 83.2 Å². The van der Waals surface area contributed by atoms with Crippen molar-refractivity contribution >= 4 is 31.9 Å². The summed E-state index contributed by atoms with van der Waals surface area (Å²) in [6.45, 7) is 14.6. The lowest BCUT2D eigenvalue weighted by Gasteiger charge is -2.37. The number of nitrogens with one attached hydrogen (secondary N) is 1. The number of ether oxygens (including phenoxy) is 3. The normalized spacial score (nSPS) is 19.3. The molecule has 0 aromatic rings. The van der Waals surface area contributed by atoms with Gasteiger partial charge in [-0.15, -0.1) is 8.07 Å². The van der Waals surface area contributed by atoms with Crippen LogP contribution in [0.25, 0.3) is 0 Å². The first-order valence-corrected chi connectivity index (χ1v) is 21.9. The highest BCUT2D eigenvalue weighted by Gasteiger charge is 2.25. The summed E-state index contributed by atoms with van der Waals surface area (Å²) in [6, 6.07) is 2.59. The molecule has 1 fully saturated rings. The molecular formula is C36H67N5O10Si-. The van der Waals surface area contributed by atoms with Crippen LogP contribution in [-0.2, 0) is 33.4 Å². The van der Waals surface area contributed by atoms with Gasteiger partial charge in [-0.05, 0) is 40.5 Å². The summed E-state index contributed by atoms with van der Waals surface area (Å²) in [4.78, 5) is 54.4. The van der Waals surface area contributed by atoms with E-state index in [1.165, 1.54) is 24.9 Å². The summed E-state index contributed by atoms with van der Waals surface area (Å²) >= 11 is 0. The van der Waals surface area contributed by atoms with Gasteiger partial charge in [-0.1, -0.05) is 31.2 Å². The number of hydrogen-bond acceptors (Lipinski definition) is 11. The molecule has 52 heavy (non-hydrogen) atoms. The van der Waals surface area contributed by atoms with Gasteiger partial charge in [0.05, 0.1) is 50.6 Å². The second-order valence-electron chi connectivity index (χ2n) is 15.8. The molecule has 0 bridgehead atoms. The zero-order valence-electron chi connectivity index (χ0n) is 32.4. The fourth-order valence-corrected chi connectivity index (χ4v) is 9.19. The molecule has 301 valence electrons. The Morgan fingerprint density at radius 2 is 1.02 bits per heavy atom. The van der Waals surface area contributed by atoms with Gasteiger partial charge in [0.2, 0.25) is 5.91 Å². The lowest BCUT2D eigenvalue weighted by atomic mass is 10.0. The second kappa shape index (κ2) is 23.4. The van der Waals surface area contributed by atoms with Crippen LogP contribution in [-0.4, -0.2) is 189 Å². The van der Waals surface area contributed by atoms with Gasteiger partial charge < -0.3 is 34.8 Å². The highest BCUT2D eigenvalue weighted by atomic mass is 28.3. The monoisotopic (exact) mass is 757 g/mol. The Kier molecular flexibility index (Phi) is 20.5. The first kappa shape index (κ1) is 45.7. The third-order valence-electron chi connectivity index (χ3n) is 9.78. The second-order valence-corrected chi connectivity index (χ2v) is 20.7. The number of hydrogen-bond donors (Lipinski definition) is 4. The lowest BCUT2D eigenvalue weighted by molar-refractivity contribution is -0.140. The maximum atomic E-state index is 13.0. The number of carboxylic acid groups (broad SMARTS) is 3. The van der Waals surface area contributed by atoms with Gasteiger partial charge >= 0.3 is 17.9 Å². The van der Waals surface area contributed by atoms with Crippen LogP contribution in [0.3, 0.4) is 0 Å². The quantitative estimate of drug-likeness (QED) is 0.0758. The number of aliphatic carboxylic acids is 3. The molecule has 1 amide bonds. The third-order valence-corrected chi connectivity index (χ3v) is 13.7. The molecule has 16 heteroatoms. The molecule has 15 nitrogen and oxygen atoms in total. The Bertz CT molecular complexity index is 1100. The Morgan fingerprint density at radius 1 is 0.635 bits per heavy atom. The van der Waals surface area contributed by atoms with E-state index in [-0.39, 0.29) is 37.7 Å². The molecule has 0 spiro atoms. The van der Waals surface area contributed by atoms with E-state index in [0.717, 1.165) is 12.7 Å². The third kappa shape index (κ3) is 21.3. The zero-order chi connectivity index (χ0) is 38.6. The molecule has 0 radical (unpaired) electrons. The minimum atomic E-state index is -1.32. The molecule has 2 heterocycles. The van der Waals surface area contributed by atoms with Crippen LogP contribution >= 0.6 is 0 Å². The molecule has 0 aromatic carbocycles. The average molecular weight is 758 g/mol. The first-order chi connectivity index (χ1) is 24.5. The fourth-order valence-electron chi connectivity index (χ4n) is 6.28. The van der Waals surface area contributed by atoms with E-state index in [0.29, 0.717) is 85.1 Å². The van der Waals surface area contributed by atoms with Gasteiger partial charge in [0.1, 0.15) is 0 Å². The highest BCUT2D eigenvalue weighted by Crippen LogP contribution is 2.25. The zero-order valence-corrected chi connectivity index (χ0v) is 33.4. The summed E-state index contributed by atoms with van der Waals surface area (Å²) < 4.78 is 18.5. The van der Waals surface area contributed by atoms with E-state index >= 15 is 0 Å². The SMILES string of the molecule is CC(C)(CCOC[Si-]1(C)CCC=CCC1)OCCC(C)(C)OCCNC(=O)CN1CCN(CC(=O)O)CCN(CC(=O)O)CCN(CC(=O)O)CC1. The first-order valence-electron chi connectivity index (χ1n) is 18.8. The number of allylic oxidation sites excluding steroid dienone is 2. The van der Waals surface area contributed by atoms with Crippen LogP contribution in [0.15, 0.2) is 12.2 Å². The maximum Gasteiger partial charge on any atom is 0.317 e. The van der Waals surface area contributed by atoms with Gasteiger partial charge in [0, 0.05) is 65.5 Å². The van der Waals surface area contributed by atoms with Gasteiger partial charge in [0.15, 0.2) is 0 Å². The van der Waals surface area contributed by atoms with E-state index in [9.17, 15) is 34.5 Å². The topological polar surface area (TPSA) is 182 Å². The van der Waals surface area contributed by atoms with Crippen molar-refractivity contribution in [3.63, 3.8) is 0 Å². The molecule has 1 saturated heterocycles. The molecule has 0 atom stereocenters. The standard InChI is InChI=1S/C36H67N5O10Si/c1-35(2,10-21-49-30-52(5)24-8-6-7-9-25-52)50-22-11-36(3,4)51-23-12-37-31(42)26-38-13-15-39(27-32(43)44)17-19-41(29-34(47)48)20-18-40(16-14-38)28-33(45)46/h6-7H,8-30H2,1-5H3,(H,37,42)(H,43,44)(H,45,46)(H,47,48)/q-1. The average Bonchev–Trinajstić information content (AvgIpc) is 3.26. The molecule has 0 aromatic heterocycles. The number of amides is 1. The number of rotatable bonds is 21. The Labute approximate surface area is 311 Å².